The highest BCUT2D eigenvalue weighted by Gasteiger charge is 2.63. The molecule has 0 unspecified atom stereocenters. The zero-order valence-corrected chi connectivity index (χ0v) is 20.8. The molecule has 1 aromatic heterocycles. The van der Waals surface area contributed by atoms with Crippen LogP contribution in [0.25, 0.3) is 10.9 Å². The number of pyridine rings is 1. The predicted molar refractivity (Wildman–Crippen MR) is 144 cm³/mol. The van der Waals surface area contributed by atoms with Gasteiger partial charge < -0.3 is 9.80 Å². The zero-order chi connectivity index (χ0) is 26.7. The minimum Gasteiger partial charge on any atom is -0.334 e. The van der Waals surface area contributed by atoms with Crippen LogP contribution in [0.2, 0.25) is 0 Å². The number of carbonyl (C=O) groups excluding carboxylic acids is 3. The van der Waals surface area contributed by atoms with Crippen LogP contribution in [-0.2, 0) is 9.59 Å². The van der Waals surface area contributed by atoms with Gasteiger partial charge in [-0.05, 0) is 41.8 Å². The van der Waals surface area contributed by atoms with Gasteiger partial charge in [-0.15, -0.1) is 0 Å². The fraction of sp³-hybridized carbons (Fsp3) is 0.194. The first-order chi connectivity index (χ1) is 19.1. The van der Waals surface area contributed by atoms with E-state index in [0.29, 0.717) is 35.1 Å². The third-order valence-electron chi connectivity index (χ3n) is 8.17. The van der Waals surface area contributed by atoms with Gasteiger partial charge in [-0.25, -0.2) is 9.69 Å². The van der Waals surface area contributed by atoms with Crippen molar-refractivity contribution in [3.63, 3.8) is 0 Å². The summed E-state index contributed by atoms with van der Waals surface area (Å²) in [6, 6.07) is 26.4. The van der Waals surface area contributed by atoms with Gasteiger partial charge in [-0.1, -0.05) is 60.7 Å². The number of hydrogen-bond acceptors (Lipinski definition) is 5. The summed E-state index contributed by atoms with van der Waals surface area (Å²) in [6.45, 7) is 0.388. The van der Waals surface area contributed by atoms with Crippen molar-refractivity contribution in [3.05, 3.63) is 108 Å². The molecule has 3 fully saturated rings. The van der Waals surface area contributed by atoms with Crippen LogP contribution in [0.4, 0.5) is 10.5 Å². The molecule has 0 spiro atoms. The first kappa shape index (κ1) is 23.1. The van der Waals surface area contributed by atoms with Crippen molar-refractivity contribution < 1.29 is 14.4 Å². The molecule has 2 bridgehead atoms. The fourth-order valence-corrected chi connectivity index (χ4v) is 6.51. The third kappa shape index (κ3) is 3.36. The van der Waals surface area contributed by atoms with Crippen LogP contribution in [0.3, 0.4) is 0 Å². The lowest BCUT2D eigenvalue weighted by Gasteiger charge is -2.37. The Labute approximate surface area is 224 Å². The fourth-order valence-electron chi connectivity index (χ4n) is 6.51. The number of piperazine rings is 1. The number of benzene rings is 3. The van der Waals surface area contributed by atoms with Crippen LogP contribution < -0.4 is 4.90 Å². The Kier molecular flexibility index (Phi) is 5.20. The number of carbonyl (C=O) groups is 3. The Bertz CT molecular complexity index is 1640. The normalized spacial score (nSPS) is 21.6. The maximum atomic E-state index is 14.2. The van der Waals surface area contributed by atoms with Gasteiger partial charge in [0.15, 0.2) is 0 Å². The lowest BCUT2D eigenvalue weighted by Crippen LogP contribution is -2.55. The van der Waals surface area contributed by atoms with Crippen LogP contribution in [0.1, 0.15) is 29.0 Å². The van der Waals surface area contributed by atoms with E-state index in [-0.39, 0.29) is 23.9 Å². The van der Waals surface area contributed by atoms with Gasteiger partial charge in [-0.2, -0.15) is 5.26 Å². The number of aromatic nitrogens is 1. The van der Waals surface area contributed by atoms with Gasteiger partial charge in [0, 0.05) is 18.1 Å². The Morgan fingerprint density at radius 1 is 0.923 bits per heavy atom. The van der Waals surface area contributed by atoms with E-state index >= 15 is 0 Å². The molecule has 8 nitrogen and oxygen atoms in total. The molecular formula is C31H23N5O3. The SMILES string of the molecule is N#Cc1ccc(N2C(=O)[C@@H]3[C@@H]4C[C@@H](CN4C(=O)C(c4ccccc4)c4ccccc4)N3C2=O)c2cccnc12. The van der Waals surface area contributed by atoms with Gasteiger partial charge in [0.1, 0.15) is 12.1 Å². The van der Waals surface area contributed by atoms with E-state index in [2.05, 4.69) is 11.1 Å². The molecule has 0 saturated carbocycles. The van der Waals surface area contributed by atoms with Crippen LogP contribution >= 0.6 is 0 Å². The number of fused-ring (bicyclic) bond motifs is 6. The highest BCUT2D eigenvalue weighted by atomic mass is 16.2. The second-order valence-electron chi connectivity index (χ2n) is 10.2. The molecule has 0 radical (unpaired) electrons. The summed E-state index contributed by atoms with van der Waals surface area (Å²) in [4.78, 5) is 50.7. The first-order valence-corrected chi connectivity index (χ1v) is 12.9. The highest BCUT2D eigenvalue weighted by molar-refractivity contribution is 6.25. The zero-order valence-electron chi connectivity index (χ0n) is 20.8. The molecular weight excluding hydrogens is 490 g/mol. The highest BCUT2D eigenvalue weighted by Crippen LogP contribution is 2.45. The minimum absolute atomic E-state index is 0.0636. The summed E-state index contributed by atoms with van der Waals surface area (Å²) in [5, 5.41) is 10.1. The number of rotatable bonds is 4. The molecule has 0 N–H and O–H groups in total. The number of likely N-dealkylation sites (tertiary alicyclic amines) is 1. The summed E-state index contributed by atoms with van der Waals surface area (Å²) >= 11 is 0. The minimum atomic E-state index is -0.741. The second kappa shape index (κ2) is 8.77. The van der Waals surface area contributed by atoms with Crippen molar-refractivity contribution in [1.82, 2.24) is 14.8 Å². The van der Waals surface area contributed by atoms with Gasteiger partial charge in [-0.3, -0.25) is 14.6 Å². The molecule has 39 heavy (non-hydrogen) atoms. The third-order valence-corrected chi connectivity index (χ3v) is 8.17. The van der Waals surface area contributed by atoms with Crippen molar-refractivity contribution in [2.45, 2.75) is 30.5 Å². The number of hydrogen-bond donors (Lipinski definition) is 0. The van der Waals surface area contributed by atoms with E-state index in [0.717, 1.165) is 11.1 Å². The largest absolute Gasteiger partial charge is 0.334 e. The van der Waals surface area contributed by atoms with Gasteiger partial charge in [0.25, 0.3) is 5.91 Å². The average Bonchev–Trinajstić information content (AvgIpc) is 3.65. The number of amides is 4. The molecule has 0 aliphatic carbocycles. The summed E-state index contributed by atoms with van der Waals surface area (Å²) < 4.78 is 0. The Balaban J connectivity index is 1.24. The van der Waals surface area contributed by atoms with Crippen LogP contribution in [0, 0.1) is 11.3 Å². The Morgan fingerprint density at radius 3 is 2.28 bits per heavy atom. The molecule has 3 saturated heterocycles. The van der Waals surface area contributed by atoms with Crippen molar-refractivity contribution in [1.29, 1.82) is 5.26 Å². The molecule has 3 aliphatic heterocycles. The summed E-state index contributed by atoms with van der Waals surface area (Å²) in [5.41, 5.74) is 3.00. The smallest absolute Gasteiger partial charge is 0.332 e. The molecule has 3 aliphatic rings. The average molecular weight is 514 g/mol. The van der Waals surface area contributed by atoms with E-state index in [1.165, 1.54) is 4.90 Å². The topological polar surface area (TPSA) is 97.6 Å². The van der Waals surface area contributed by atoms with E-state index in [1.54, 1.807) is 35.4 Å². The monoisotopic (exact) mass is 513 g/mol. The number of nitrogens with zero attached hydrogens (tertiary/aromatic N) is 5. The first-order valence-electron chi connectivity index (χ1n) is 12.9. The molecule has 190 valence electrons. The van der Waals surface area contributed by atoms with Crippen molar-refractivity contribution in [2.24, 2.45) is 0 Å². The molecule has 7 rings (SSSR count). The maximum Gasteiger partial charge on any atom is 0.332 e. The quantitative estimate of drug-likeness (QED) is 0.384. The van der Waals surface area contributed by atoms with Crippen LogP contribution in [0.15, 0.2) is 91.1 Å². The summed E-state index contributed by atoms with van der Waals surface area (Å²) in [6.07, 6.45) is 2.16. The summed E-state index contributed by atoms with van der Waals surface area (Å²) in [5.74, 6) is -0.917. The standard InChI is InChI=1S/C31H23N5O3/c32-17-21-13-14-24(23-12-7-15-33-27(21)23)36-30(38)28-25-16-22(35(28)31(36)39)18-34(25)29(37)26(19-8-3-1-4-9-19)20-10-5-2-6-11-20/h1-15,22,25-26,28H,16,18H2/t22-,25-,28-/m0/s1. The molecule has 4 heterocycles. The van der Waals surface area contributed by atoms with Crippen LogP contribution in [0.5, 0.6) is 0 Å². The molecule has 4 amide bonds. The van der Waals surface area contributed by atoms with Crippen molar-refractivity contribution in [2.75, 3.05) is 11.4 Å². The van der Waals surface area contributed by atoms with Crippen molar-refractivity contribution in [3.8, 4) is 6.07 Å². The predicted octanol–water partition coefficient (Wildman–Crippen LogP) is 4.06. The molecule has 8 heteroatoms. The summed E-state index contributed by atoms with van der Waals surface area (Å²) in [7, 11) is 0. The number of urea groups is 1. The molecule has 3 atom stereocenters. The van der Waals surface area contributed by atoms with E-state index in [4.69, 9.17) is 0 Å². The Hall–Kier alpha value is -5.03. The number of imide groups is 1. The number of anilines is 1. The number of nitriles is 1. The molecule has 3 aromatic carbocycles. The Morgan fingerprint density at radius 2 is 1.62 bits per heavy atom. The van der Waals surface area contributed by atoms with E-state index in [9.17, 15) is 19.6 Å². The van der Waals surface area contributed by atoms with Crippen molar-refractivity contribution >= 4 is 34.4 Å². The molecule has 4 aromatic rings. The van der Waals surface area contributed by atoms with E-state index in [1.807, 2.05) is 65.6 Å². The maximum absolute atomic E-state index is 14.2. The van der Waals surface area contributed by atoms with Gasteiger partial charge >= 0.3 is 6.03 Å². The van der Waals surface area contributed by atoms with Gasteiger partial charge in [0.2, 0.25) is 5.91 Å². The lowest BCUT2D eigenvalue weighted by atomic mass is 9.89. The van der Waals surface area contributed by atoms with E-state index < -0.39 is 18.0 Å². The van der Waals surface area contributed by atoms with Gasteiger partial charge in [0.05, 0.1) is 34.8 Å². The second-order valence-corrected chi connectivity index (χ2v) is 10.2. The lowest BCUT2D eigenvalue weighted by molar-refractivity contribution is -0.136. The van der Waals surface area contributed by atoms with Crippen LogP contribution in [-0.4, -0.2) is 57.3 Å².